The number of nitrogens with zero attached hydrogens (tertiary/aromatic N) is 6. The standard InChI is InChI=1S/C25H27N7O3/c1-4-21-22(25(33)34)24(27-16(2)26-21)32(13-14-35-3)15-17-9-11-18(12-10-17)19-7-5-6-8-20(19)23-28-30-31-29-23/h5-12H,4,13-15H2,1-3H3,(H,33,34)(H,28,29,30,31). The lowest BCUT2D eigenvalue weighted by molar-refractivity contribution is 0.0695. The number of methoxy groups -OCH3 is 1. The van der Waals surface area contributed by atoms with Crippen molar-refractivity contribution in [1.29, 1.82) is 0 Å². The predicted octanol–water partition coefficient (Wildman–Crippen LogP) is 3.55. The van der Waals surface area contributed by atoms with Gasteiger partial charge in [0.25, 0.3) is 0 Å². The van der Waals surface area contributed by atoms with Gasteiger partial charge in [0.2, 0.25) is 5.82 Å². The Balaban J connectivity index is 1.66. The summed E-state index contributed by atoms with van der Waals surface area (Å²) < 4.78 is 5.29. The number of carboxylic acids is 1. The Labute approximate surface area is 203 Å². The number of hydrogen-bond acceptors (Lipinski definition) is 8. The number of aromatic amines is 1. The van der Waals surface area contributed by atoms with E-state index < -0.39 is 5.97 Å². The molecule has 4 rings (SSSR count). The zero-order chi connectivity index (χ0) is 24.8. The first kappa shape index (κ1) is 24.0. The summed E-state index contributed by atoms with van der Waals surface area (Å²) in [4.78, 5) is 22.9. The smallest absolute Gasteiger partial charge is 0.341 e. The van der Waals surface area contributed by atoms with Crippen LogP contribution in [0.1, 0.15) is 34.4 Å². The molecule has 0 saturated heterocycles. The molecule has 0 amide bonds. The fourth-order valence-corrected chi connectivity index (χ4v) is 4.00. The maximum absolute atomic E-state index is 12.1. The minimum absolute atomic E-state index is 0.139. The van der Waals surface area contributed by atoms with Gasteiger partial charge in [-0.3, -0.25) is 0 Å². The minimum Gasteiger partial charge on any atom is -0.477 e. The van der Waals surface area contributed by atoms with Crippen LogP contribution in [0.4, 0.5) is 5.82 Å². The van der Waals surface area contributed by atoms with E-state index in [1.54, 1.807) is 14.0 Å². The molecule has 0 bridgehead atoms. The first-order chi connectivity index (χ1) is 17.0. The Hall–Kier alpha value is -4.18. The molecule has 0 unspecified atom stereocenters. The van der Waals surface area contributed by atoms with Crippen molar-refractivity contribution in [2.24, 2.45) is 0 Å². The molecule has 2 heterocycles. The molecular weight excluding hydrogens is 446 g/mol. The number of carboxylic acid groups (broad SMARTS) is 1. The van der Waals surface area contributed by atoms with E-state index in [2.05, 4.69) is 30.6 Å². The van der Waals surface area contributed by atoms with Crippen LogP contribution in [-0.2, 0) is 17.7 Å². The molecule has 2 aromatic carbocycles. The van der Waals surface area contributed by atoms with Crippen molar-refractivity contribution in [2.75, 3.05) is 25.2 Å². The summed E-state index contributed by atoms with van der Waals surface area (Å²) >= 11 is 0. The highest BCUT2D eigenvalue weighted by Crippen LogP contribution is 2.30. The fraction of sp³-hybridized carbons (Fsp3) is 0.280. The summed E-state index contributed by atoms with van der Waals surface area (Å²) in [5.74, 6) is 0.443. The van der Waals surface area contributed by atoms with Gasteiger partial charge in [-0.25, -0.2) is 14.8 Å². The minimum atomic E-state index is -1.03. The van der Waals surface area contributed by atoms with Gasteiger partial charge < -0.3 is 14.7 Å². The van der Waals surface area contributed by atoms with Gasteiger partial charge in [-0.15, -0.1) is 10.2 Å². The van der Waals surface area contributed by atoms with Crippen LogP contribution in [0.3, 0.4) is 0 Å². The predicted molar refractivity (Wildman–Crippen MR) is 131 cm³/mol. The molecule has 0 radical (unpaired) electrons. The lowest BCUT2D eigenvalue weighted by Crippen LogP contribution is -2.30. The van der Waals surface area contributed by atoms with Gasteiger partial charge in [0, 0.05) is 25.8 Å². The summed E-state index contributed by atoms with van der Waals surface area (Å²) in [6.07, 6.45) is 0.505. The van der Waals surface area contributed by atoms with Gasteiger partial charge in [-0.2, -0.15) is 5.21 Å². The second-order valence-corrected chi connectivity index (χ2v) is 7.97. The van der Waals surface area contributed by atoms with Gasteiger partial charge >= 0.3 is 5.97 Å². The lowest BCUT2D eigenvalue weighted by Gasteiger charge is -2.26. The molecule has 10 heteroatoms. The highest BCUT2D eigenvalue weighted by Gasteiger charge is 2.23. The van der Waals surface area contributed by atoms with Crippen molar-refractivity contribution < 1.29 is 14.6 Å². The second kappa shape index (κ2) is 10.8. The van der Waals surface area contributed by atoms with Crippen molar-refractivity contribution in [1.82, 2.24) is 30.6 Å². The van der Waals surface area contributed by atoms with Crippen LogP contribution >= 0.6 is 0 Å². The van der Waals surface area contributed by atoms with Gasteiger partial charge in [0.1, 0.15) is 17.2 Å². The summed E-state index contributed by atoms with van der Waals surface area (Å²) in [5, 5.41) is 24.3. The molecule has 0 aliphatic rings. The average Bonchev–Trinajstić information content (AvgIpc) is 3.41. The van der Waals surface area contributed by atoms with Crippen LogP contribution in [0, 0.1) is 6.92 Å². The molecule has 180 valence electrons. The largest absolute Gasteiger partial charge is 0.477 e. The van der Waals surface area contributed by atoms with E-state index in [-0.39, 0.29) is 5.56 Å². The van der Waals surface area contributed by atoms with E-state index in [0.717, 1.165) is 22.3 Å². The maximum atomic E-state index is 12.1. The summed E-state index contributed by atoms with van der Waals surface area (Å²) in [7, 11) is 1.62. The van der Waals surface area contributed by atoms with Crippen LogP contribution in [0.15, 0.2) is 48.5 Å². The molecule has 0 aliphatic carbocycles. The Morgan fingerprint density at radius 1 is 1.09 bits per heavy atom. The molecule has 2 aromatic heterocycles. The normalized spacial score (nSPS) is 10.9. The Kier molecular flexibility index (Phi) is 7.41. The second-order valence-electron chi connectivity index (χ2n) is 7.97. The molecule has 2 N–H and O–H groups in total. The number of nitrogens with one attached hydrogen (secondary N) is 1. The van der Waals surface area contributed by atoms with Crippen LogP contribution < -0.4 is 4.90 Å². The van der Waals surface area contributed by atoms with Gasteiger partial charge in [0.05, 0.1) is 12.3 Å². The van der Waals surface area contributed by atoms with E-state index in [4.69, 9.17) is 4.74 Å². The third kappa shape index (κ3) is 5.33. The number of carbonyl (C=O) groups is 1. The number of ether oxygens (including phenoxy) is 1. The molecule has 10 nitrogen and oxygen atoms in total. The lowest BCUT2D eigenvalue weighted by atomic mass is 9.98. The SMILES string of the molecule is CCc1nc(C)nc(N(CCOC)Cc2ccc(-c3ccccc3-c3nn[nH]n3)cc2)c1C(=O)O. The number of benzene rings is 2. The van der Waals surface area contributed by atoms with E-state index in [9.17, 15) is 9.90 Å². The number of hydrogen-bond donors (Lipinski definition) is 2. The third-order valence-electron chi connectivity index (χ3n) is 5.64. The molecule has 0 atom stereocenters. The molecule has 0 aliphatic heterocycles. The van der Waals surface area contributed by atoms with Gasteiger partial charge in [-0.05, 0) is 35.2 Å². The zero-order valence-corrected chi connectivity index (χ0v) is 19.9. The summed E-state index contributed by atoms with van der Waals surface area (Å²) in [6.45, 7) is 5.05. The number of aryl methyl sites for hydroxylation is 2. The number of anilines is 1. The van der Waals surface area contributed by atoms with Crippen LogP contribution in [0.5, 0.6) is 0 Å². The zero-order valence-electron chi connectivity index (χ0n) is 19.9. The first-order valence-electron chi connectivity index (χ1n) is 11.3. The number of H-pyrrole nitrogens is 1. The quantitative estimate of drug-likeness (QED) is 0.355. The fourth-order valence-electron chi connectivity index (χ4n) is 4.00. The first-order valence-corrected chi connectivity index (χ1v) is 11.3. The monoisotopic (exact) mass is 473 g/mol. The summed E-state index contributed by atoms with van der Waals surface area (Å²) in [5.41, 5.74) is 4.55. The summed E-state index contributed by atoms with van der Waals surface area (Å²) in [6, 6.07) is 16.0. The van der Waals surface area contributed by atoms with Gasteiger partial charge in [0.15, 0.2) is 0 Å². The molecule has 35 heavy (non-hydrogen) atoms. The van der Waals surface area contributed by atoms with Crippen molar-refractivity contribution in [3.63, 3.8) is 0 Å². The van der Waals surface area contributed by atoms with Crippen LogP contribution in [-0.4, -0.2) is 61.9 Å². The maximum Gasteiger partial charge on any atom is 0.341 e. The number of tetrazole rings is 1. The Morgan fingerprint density at radius 3 is 2.46 bits per heavy atom. The third-order valence-corrected chi connectivity index (χ3v) is 5.64. The van der Waals surface area contributed by atoms with Crippen molar-refractivity contribution in [2.45, 2.75) is 26.8 Å². The molecular formula is C25H27N7O3. The number of rotatable bonds is 10. The van der Waals surface area contributed by atoms with E-state index in [1.165, 1.54) is 0 Å². The topological polar surface area (TPSA) is 130 Å². The van der Waals surface area contributed by atoms with Gasteiger partial charge in [-0.1, -0.05) is 55.5 Å². The highest BCUT2D eigenvalue weighted by molar-refractivity contribution is 5.94. The van der Waals surface area contributed by atoms with Crippen LogP contribution in [0.2, 0.25) is 0 Å². The molecule has 0 spiro atoms. The average molecular weight is 474 g/mol. The Bertz CT molecular complexity index is 1290. The van der Waals surface area contributed by atoms with Crippen molar-refractivity contribution in [3.05, 3.63) is 71.2 Å². The molecule has 4 aromatic rings. The van der Waals surface area contributed by atoms with E-state index >= 15 is 0 Å². The highest BCUT2D eigenvalue weighted by atomic mass is 16.5. The van der Waals surface area contributed by atoms with Crippen LogP contribution in [0.25, 0.3) is 22.5 Å². The molecule has 0 fully saturated rings. The molecule has 0 saturated carbocycles. The Morgan fingerprint density at radius 2 is 1.83 bits per heavy atom. The van der Waals surface area contributed by atoms with Crippen molar-refractivity contribution in [3.8, 4) is 22.5 Å². The number of aromatic nitrogens is 6. The van der Waals surface area contributed by atoms with E-state index in [1.807, 2.05) is 60.4 Å². The van der Waals surface area contributed by atoms with E-state index in [0.29, 0.717) is 49.3 Å². The number of aromatic carboxylic acids is 1. The van der Waals surface area contributed by atoms with Crippen molar-refractivity contribution >= 4 is 11.8 Å².